The number of hydrogen-bond acceptors (Lipinski definition) is 4. The summed E-state index contributed by atoms with van der Waals surface area (Å²) < 4.78 is 11.4. The first kappa shape index (κ1) is 18.4. The fraction of sp³-hybridized carbons (Fsp3) is 0.435. The molecule has 2 aromatic carbocycles. The monoisotopic (exact) mass is 382 g/mol. The molecule has 0 unspecified atom stereocenters. The smallest absolute Gasteiger partial charge is 0.173 e. The molecule has 0 radical (unpaired) electrons. The van der Waals surface area contributed by atoms with Crippen molar-refractivity contribution in [2.75, 3.05) is 19.0 Å². The number of Topliss-reactive ketones (excluding diaryl/α,β-unsaturated/α-hetero) is 1. The van der Waals surface area contributed by atoms with E-state index in [1.165, 1.54) is 37.7 Å². The molecular formula is C23H26O3S. The van der Waals surface area contributed by atoms with Gasteiger partial charge in [-0.2, -0.15) is 0 Å². The molecule has 0 aromatic heterocycles. The van der Waals surface area contributed by atoms with E-state index in [0.29, 0.717) is 24.9 Å². The van der Waals surface area contributed by atoms with Crippen LogP contribution in [0.25, 0.3) is 0 Å². The van der Waals surface area contributed by atoms with Crippen LogP contribution in [0.1, 0.15) is 60.4 Å². The van der Waals surface area contributed by atoms with Gasteiger partial charge < -0.3 is 9.47 Å². The molecule has 0 amide bonds. The summed E-state index contributed by atoms with van der Waals surface area (Å²) in [6, 6.07) is 14.2. The molecule has 4 rings (SSSR count). The van der Waals surface area contributed by atoms with E-state index in [0.717, 1.165) is 28.4 Å². The van der Waals surface area contributed by atoms with Gasteiger partial charge in [0.15, 0.2) is 17.3 Å². The predicted molar refractivity (Wildman–Crippen MR) is 109 cm³/mol. The Bertz CT molecular complexity index is 779. The third-order valence-corrected chi connectivity index (χ3v) is 6.39. The van der Waals surface area contributed by atoms with Crippen molar-refractivity contribution in [3.8, 4) is 11.5 Å². The number of carbonyl (C=O) groups excluding carboxylic acids is 1. The van der Waals surface area contributed by atoms with E-state index in [9.17, 15) is 4.79 Å². The Morgan fingerprint density at radius 1 is 0.889 bits per heavy atom. The average Bonchev–Trinajstić information content (AvgIpc) is 2.98. The zero-order valence-electron chi connectivity index (χ0n) is 15.6. The molecular weight excluding hydrogens is 356 g/mol. The van der Waals surface area contributed by atoms with Gasteiger partial charge in [0.1, 0.15) is 0 Å². The molecule has 0 N–H and O–H groups in total. The fourth-order valence-electron chi connectivity index (χ4n) is 3.84. The van der Waals surface area contributed by atoms with Crippen molar-refractivity contribution in [2.45, 2.75) is 49.3 Å². The first-order chi connectivity index (χ1) is 13.3. The van der Waals surface area contributed by atoms with Crippen LogP contribution >= 0.6 is 11.8 Å². The first-order valence-electron chi connectivity index (χ1n) is 9.95. The van der Waals surface area contributed by atoms with E-state index in [-0.39, 0.29) is 5.78 Å². The van der Waals surface area contributed by atoms with E-state index < -0.39 is 0 Å². The third-order valence-electron chi connectivity index (χ3n) is 5.40. The zero-order chi connectivity index (χ0) is 18.5. The number of hydrogen-bond donors (Lipinski definition) is 0. The molecule has 1 aliphatic heterocycles. The van der Waals surface area contributed by atoms with Crippen LogP contribution in [0.2, 0.25) is 0 Å². The Morgan fingerprint density at radius 2 is 1.63 bits per heavy atom. The number of ether oxygens (including phenoxy) is 2. The molecule has 1 aliphatic carbocycles. The summed E-state index contributed by atoms with van der Waals surface area (Å²) in [5.41, 5.74) is 2.19. The van der Waals surface area contributed by atoms with E-state index in [1.54, 1.807) is 11.8 Å². The molecule has 0 atom stereocenters. The second kappa shape index (κ2) is 8.83. The van der Waals surface area contributed by atoms with Crippen molar-refractivity contribution in [2.24, 2.45) is 0 Å². The highest BCUT2D eigenvalue weighted by atomic mass is 32.2. The van der Waals surface area contributed by atoms with E-state index in [1.807, 2.05) is 30.3 Å². The Morgan fingerprint density at radius 3 is 2.41 bits per heavy atom. The quantitative estimate of drug-likeness (QED) is 0.478. The average molecular weight is 383 g/mol. The lowest BCUT2D eigenvalue weighted by Crippen LogP contribution is -2.06. The van der Waals surface area contributed by atoms with Crippen LogP contribution in [0.5, 0.6) is 11.5 Å². The molecule has 1 saturated carbocycles. The van der Waals surface area contributed by atoms with Crippen molar-refractivity contribution in [1.29, 1.82) is 0 Å². The number of carbonyl (C=O) groups is 1. The predicted octanol–water partition coefficient (Wildman–Crippen LogP) is 5.87. The van der Waals surface area contributed by atoms with Gasteiger partial charge in [-0.25, -0.2) is 0 Å². The lowest BCUT2D eigenvalue weighted by molar-refractivity contribution is 0.102. The molecule has 4 heteroatoms. The molecule has 0 saturated heterocycles. The van der Waals surface area contributed by atoms with Gasteiger partial charge in [-0.1, -0.05) is 43.5 Å². The van der Waals surface area contributed by atoms with Gasteiger partial charge in [0.2, 0.25) is 0 Å². The Hall–Kier alpha value is -1.94. The van der Waals surface area contributed by atoms with Crippen LogP contribution in [0, 0.1) is 0 Å². The fourth-order valence-corrected chi connectivity index (χ4v) is 4.66. The second-order valence-corrected chi connectivity index (χ2v) is 8.38. The molecule has 27 heavy (non-hydrogen) atoms. The lowest BCUT2D eigenvalue weighted by Gasteiger charge is -2.22. The highest BCUT2D eigenvalue weighted by molar-refractivity contribution is 8.00. The summed E-state index contributed by atoms with van der Waals surface area (Å²) in [5.74, 6) is 2.85. The maximum absolute atomic E-state index is 12.6. The molecule has 2 aliphatic rings. The summed E-state index contributed by atoms with van der Waals surface area (Å²) >= 11 is 1.55. The molecule has 3 nitrogen and oxygen atoms in total. The van der Waals surface area contributed by atoms with Crippen LogP contribution in [-0.4, -0.2) is 24.7 Å². The van der Waals surface area contributed by atoms with Crippen LogP contribution in [0.15, 0.2) is 47.4 Å². The van der Waals surface area contributed by atoms with E-state index in [4.69, 9.17) is 9.47 Å². The minimum absolute atomic E-state index is 0.169. The zero-order valence-corrected chi connectivity index (χ0v) is 16.4. The van der Waals surface area contributed by atoms with Crippen molar-refractivity contribution in [3.05, 3.63) is 53.6 Å². The van der Waals surface area contributed by atoms with Crippen LogP contribution in [-0.2, 0) is 0 Å². The van der Waals surface area contributed by atoms with Gasteiger partial charge >= 0.3 is 0 Å². The van der Waals surface area contributed by atoms with Gasteiger partial charge in [0.25, 0.3) is 0 Å². The molecule has 1 fully saturated rings. The Labute approximate surface area is 165 Å². The maximum atomic E-state index is 12.6. The van der Waals surface area contributed by atoms with Gasteiger partial charge in [-0.3, -0.25) is 4.79 Å². The van der Waals surface area contributed by atoms with Gasteiger partial charge in [-0.15, -0.1) is 11.8 Å². The largest absolute Gasteiger partial charge is 0.490 e. The van der Waals surface area contributed by atoms with Gasteiger partial charge in [0.05, 0.1) is 19.0 Å². The van der Waals surface area contributed by atoms with E-state index in [2.05, 4.69) is 12.1 Å². The molecule has 2 aromatic rings. The summed E-state index contributed by atoms with van der Waals surface area (Å²) in [6.07, 6.45) is 7.49. The third kappa shape index (κ3) is 4.67. The summed E-state index contributed by atoms with van der Waals surface area (Å²) in [4.78, 5) is 13.6. The van der Waals surface area contributed by atoms with Crippen LogP contribution in [0.3, 0.4) is 0 Å². The summed E-state index contributed by atoms with van der Waals surface area (Å²) in [5, 5.41) is 0. The second-order valence-electron chi connectivity index (χ2n) is 7.33. The minimum Gasteiger partial charge on any atom is -0.490 e. The molecule has 142 valence electrons. The standard InChI is InChI=1S/C23H26O3S/c24-21(19-9-7-18(8-10-19)17-5-2-1-3-6-17)16-27-20-11-12-22-23(15-20)26-14-4-13-25-22/h7-12,15,17H,1-6,13-14,16H2. The number of rotatable bonds is 5. The van der Waals surface area contributed by atoms with Crippen molar-refractivity contribution in [1.82, 2.24) is 0 Å². The van der Waals surface area contributed by atoms with Crippen LogP contribution in [0.4, 0.5) is 0 Å². The maximum Gasteiger partial charge on any atom is 0.173 e. The SMILES string of the molecule is O=C(CSc1ccc2c(c1)OCCCO2)c1ccc(C2CCCCC2)cc1. The lowest BCUT2D eigenvalue weighted by atomic mass is 9.84. The Kier molecular flexibility index (Phi) is 6.03. The number of ketones is 1. The number of thioether (sulfide) groups is 1. The summed E-state index contributed by atoms with van der Waals surface area (Å²) in [7, 11) is 0. The highest BCUT2D eigenvalue weighted by Crippen LogP contribution is 2.35. The summed E-state index contributed by atoms with van der Waals surface area (Å²) in [6.45, 7) is 1.36. The van der Waals surface area contributed by atoms with Gasteiger partial charge in [0, 0.05) is 16.9 Å². The normalized spacial score (nSPS) is 17.3. The van der Waals surface area contributed by atoms with Crippen molar-refractivity contribution in [3.63, 3.8) is 0 Å². The van der Waals surface area contributed by atoms with Crippen LogP contribution < -0.4 is 9.47 Å². The number of benzene rings is 2. The highest BCUT2D eigenvalue weighted by Gasteiger charge is 2.16. The minimum atomic E-state index is 0.169. The van der Waals surface area contributed by atoms with Crippen molar-refractivity contribution >= 4 is 17.5 Å². The molecule has 1 heterocycles. The topological polar surface area (TPSA) is 35.5 Å². The number of fused-ring (bicyclic) bond motifs is 1. The van der Waals surface area contributed by atoms with Gasteiger partial charge in [-0.05, 0) is 42.5 Å². The Balaban J connectivity index is 1.35. The first-order valence-corrected chi connectivity index (χ1v) is 10.9. The molecule has 0 spiro atoms. The van der Waals surface area contributed by atoms with E-state index >= 15 is 0 Å². The van der Waals surface area contributed by atoms with Crippen molar-refractivity contribution < 1.29 is 14.3 Å². The molecule has 0 bridgehead atoms.